The lowest BCUT2D eigenvalue weighted by atomic mass is 10.0. The molecule has 0 atom stereocenters. The second kappa shape index (κ2) is 8.71. The molecule has 7 heteroatoms. The highest BCUT2D eigenvalue weighted by Gasteiger charge is 2.29. The maximum Gasteiger partial charge on any atom is 0.310 e. The molecule has 0 bridgehead atoms. The molecule has 1 heterocycles. The van der Waals surface area contributed by atoms with Crippen molar-refractivity contribution in [3.63, 3.8) is 0 Å². The van der Waals surface area contributed by atoms with Gasteiger partial charge in [-0.1, -0.05) is 6.07 Å². The van der Waals surface area contributed by atoms with Gasteiger partial charge in [0.2, 0.25) is 0 Å². The number of carbonyl (C=O) groups is 1. The van der Waals surface area contributed by atoms with Crippen molar-refractivity contribution in [2.75, 3.05) is 25.6 Å². The van der Waals surface area contributed by atoms with Crippen LogP contribution in [-0.2, 0) is 29.4 Å². The van der Waals surface area contributed by atoms with Gasteiger partial charge in [-0.2, -0.15) is 5.10 Å². The molecule has 0 aliphatic heterocycles. The summed E-state index contributed by atoms with van der Waals surface area (Å²) in [6.45, 7) is 5.05. The summed E-state index contributed by atoms with van der Waals surface area (Å²) in [5, 5.41) is 8.15. The van der Waals surface area contributed by atoms with E-state index in [0.29, 0.717) is 13.2 Å². The van der Waals surface area contributed by atoms with Crippen LogP contribution in [0.2, 0.25) is 0 Å². The molecule has 0 spiro atoms. The third kappa shape index (κ3) is 4.08. The van der Waals surface area contributed by atoms with Crippen LogP contribution >= 0.6 is 0 Å². The summed E-state index contributed by atoms with van der Waals surface area (Å²) in [5.74, 6) is 2.07. The molecule has 0 saturated carbocycles. The number of carbonyl (C=O) groups excluding carboxylic acids is 1. The van der Waals surface area contributed by atoms with Gasteiger partial charge in [-0.05, 0) is 43.7 Å². The maximum atomic E-state index is 11.9. The van der Waals surface area contributed by atoms with Crippen LogP contribution in [0, 0.1) is 0 Å². The minimum Gasteiger partial charge on any atom is -0.494 e. The molecule has 0 unspecified atom stereocenters. The number of hydrogen-bond donors (Lipinski definition) is 1. The Morgan fingerprint density at radius 2 is 1.97 bits per heavy atom. The number of methoxy groups -OCH3 is 1. The van der Waals surface area contributed by atoms with Crippen molar-refractivity contribution < 1.29 is 19.0 Å². The fraction of sp³-hybridized carbons (Fsp3) is 0.333. The predicted octanol–water partition coefficient (Wildman–Crippen LogP) is 4.25. The van der Waals surface area contributed by atoms with Gasteiger partial charge in [-0.15, -0.1) is 0 Å². The Morgan fingerprint density at radius 3 is 2.71 bits per heavy atom. The Labute approximate surface area is 181 Å². The van der Waals surface area contributed by atoms with Crippen molar-refractivity contribution in [1.82, 2.24) is 9.78 Å². The summed E-state index contributed by atoms with van der Waals surface area (Å²) in [6.07, 6.45) is 0.909. The van der Waals surface area contributed by atoms with Crippen molar-refractivity contribution in [3.05, 3.63) is 53.1 Å². The van der Waals surface area contributed by atoms with Gasteiger partial charge in [0, 0.05) is 41.9 Å². The summed E-state index contributed by atoms with van der Waals surface area (Å²) >= 11 is 0. The molecule has 2 aromatic carbocycles. The van der Waals surface area contributed by atoms with E-state index in [1.807, 2.05) is 62.0 Å². The summed E-state index contributed by atoms with van der Waals surface area (Å²) in [5.41, 5.74) is 6.14. The molecule has 1 aromatic heterocycles. The van der Waals surface area contributed by atoms with Crippen LogP contribution in [0.25, 0.3) is 11.3 Å². The molecule has 7 nitrogen and oxygen atoms in total. The van der Waals surface area contributed by atoms with Crippen molar-refractivity contribution in [3.8, 4) is 22.8 Å². The van der Waals surface area contributed by atoms with E-state index < -0.39 is 0 Å². The van der Waals surface area contributed by atoms with Crippen molar-refractivity contribution in [2.45, 2.75) is 26.7 Å². The van der Waals surface area contributed by atoms with Gasteiger partial charge in [-0.25, -0.2) is 0 Å². The van der Waals surface area contributed by atoms with E-state index in [1.165, 1.54) is 7.11 Å². The molecular weight excluding hydrogens is 394 g/mol. The van der Waals surface area contributed by atoms with Gasteiger partial charge >= 0.3 is 5.97 Å². The third-order valence-corrected chi connectivity index (χ3v) is 5.32. The lowest BCUT2D eigenvalue weighted by Gasteiger charge is -2.13. The Kier molecular flexibility index (Phi) is 5.84. The van der Waals surface area contributed by atoms with E-state index in [-0.39, 0.29) is 12.4 Å². The zero-order valence-electron chi connectivity index (χ0n) is 18.3. The Morgan fingerprint density at radius 1 is 1.16 bits per heavy atom. The van der Waals surface area contributed by atoms with Crippen molar-refractivity contribution in [1.29, 1.82) is 0 Å². The number of esters is 1. The SMILES string of the molecule is CCOc1cccc(Nc2nn(C)c3c2Cc2cc(OCC)c(CC(=O)OC)cc2-3)c1. The highest BCUT2D eigenvalue weighted by Crippen LogP contribution is 2.43. The molecule has 1 N–H and O–H groups in total. The first-order valence-electron chi connectivity index (χ1n) is 10.5. The number of benzene rings is 2. The van der Waals surface area contributed by atoms with Gasteiger partial charge in [0.05, 0.1) is 32.4 Å². The lowest BCUT2D eigenvalue weighted by molar-refractivity contribution is -0.139. The summed E-state index contributed by atoms with van der Waals surface area (Å²) in [7, 11) is 3.33. The zero-order chi connectivity index (χ0) is 22.0. The van der Waals surface area contributed by atoms with Gasteiger partial charge in [-0.3, -0.25) is 9.48 Å². The fourth-order valence-electron chi connectivity index (χ4n) is 4.02. The predicted molar refractivity (Wildman–Crippen MR) is 119 cm³/mol. The quantitative estimate of drug-likeness (QED) is 0.429. The molecule has 0 radical (unpaired) electrons. The first-order chi connectivity index (χ1) is 15.0. The first kappa shape index (κ1) is 20.8. The normalized spacial score (nSPS) is 11.6. The number of aryl methyl sites for hydroxylation is 1. The van der Waals surface area contributed by atoms with Gasteiger partial charge in [0.25, 0.3) is 0 Å². The molecule has 4 rings (SSSR count). The Balaban J connectivity index is 1.69. The number of ether oxygens (including phenoxy) is 3. The molecular formula is C24H27N3O4. The van der Waals surface area contributed by atoms with E-state index in [0.717, 1.165) is 57.4 Å². The number of rotatable bonds is 8. The average Bonchev–Trinajstić information content (AvgIpc) is 3.26. The summed E-state index contributed by atoms with van der Waals surface area (Å²) < 4.78 is 18.2. The topological polar surface area (TPSA) is 74.6 Å². The molecule has 0 fully saturated rings. The molecule has 162 valence electrons. The van der Waals surface area contributed by atoms with Crippen LogP contribution in [0.4, 0.5) is 11.5 Å². The lowest BCUT2D eigenvalue weighted by Crippen LogP contribution is -2.08. The van der Waals surface area contributed by atoms with E-state index in [9.17, 15) is 4.79 Å². The number of anilines is 2. The molecule has 3 aromatic rings. The minimum absolute atomic E-state index is 0.168. The van der Waals surface area contributed by atoms with Crippen LogP contribution in [-0.4, -0.2) is 36.1 Å². The van der Waals surface area contributed by atoms with E-state index in [4.69, 9.17) is 19.3 Å². The number of nitrogens with zero attached hydrogens (tertiary/aromatic N) is 2. The molecule has 0 saturated heterocycles. The van der Waals surface area contributed by atoms with Gasteiger partial charge in [0.15, 0.2) is 5.82 Å². The van der Waals surface area contributed by atoms with Crippen LogP contribution in [0.5, 0.6) is 11.5 Å². The number of hydrogen-bond acceptors (Lipinski definition) is 6. The van der Waals surface area contributed by atoms with Gasteiger partial charge < -0.3 is 19.5 Å². The van der Waals surface area contributed by atoms with Gasteiger partial charge in [0.1, 0.15) is 11.5 Å². The smallest absolute Gasteiger partial charge is 0.310 e. The van der Waals surface area contributed by atoms with Crippen LogP contribution in [0.15, 0.2) is 36.4 Å². The molecule has 1 aliphatic rings. The van der Waals surface area contributed by atoms with Crippen LogP contribution < -0.4 is 14.8 Å². The molecule has 31 heavy (non-hydrogen) atoms. The van der Waals surface area contributed by atoms with Crippen molar-refractivity contribution in [2.24, 2.45) is 7.05 Å². The monoisotopic (exact) mass is 421 g/mol. The Bertz CT molecular complexity index is 1120. The maximum absolute atomic E-state index is 11.9. The molecule has 1 aliphatic carbocycles. The fourth-order valence-corrected chi connectivity index (χ4v) is 4.02. The molecule has 0 amide bonds. The average molecular weight is 421 g/mol. The van der Waals surface area contributed by atoms with Crippen molar-refractivity contribution >= 4 is 17.5 Å². The van der Waals surface area contributed by atoms with Crippen LogP contribution in [0.1, 0.15) is 30.5 Å². The van der Waals surface area contributed by atoms with E-state index >= 15 is 0 Å². The van der Waals surface area contributed by atoms with Crippen LogP contribution in [0.3, 0.4) is 0 Å². The summed E-state index contributed by atoms with van der Waals surface area (Å²) in [4.78, 5) is 11.9. The standard InChI is InChI=1S/C24H27N3O4/c1-5-30-18-9-7-8-17(14-18)25-24-20-10-15-12-21(31-6-2)16(13-22(28)29-4)11-19(15)23(20)27(3)26-24/h7-9,11-12,14H,5-6,10,13H2,1-4H3,(H,25,26). The second-order valence-electron chi connectivity index (χ2n) is 7.36. The van der Waals surface area contributed by atoms with E-state index in [1.54, 1.807) is 0 Å². The second-order valence-corrected chi connectivity index (χ2v) is 7.36. The Hall–Kier alpha value is -3.48. The third-order valence-electron chi connectivity index (χ3n) is 5.32. The largest absolute Gasteiger partial charge is 0.494 e. The highest BCUT2D eigenvalue weighted by atomic mass is 16.5. The zero-order valence-corrected chi connectivity index (χ0v) is 18.3. The summed E-state index contributed by atoms with van der Waals surface area (Å²) in [6, 6.07) is 11.9. The number of aromatic nitrogens is 2. The number of fused-ring (bicyclic) bond motifs is 3. The first-order valence-corrected chi connectivity index (χ1v) is 10.5. The minimum atomic E-state index is -0.291. The number of nitrogens with one attached hydrogen (secondary N) is 1. The highest BCUT2D eigenvalue weighted by molar-refractivity contribution is 5.83. The van der Waals surface area contributed by atoms with E-state index in [2.05, 4.69) is 5.32 Å².